The van der Waals surface area contributed by atoms with Gasteiger partial charge in [-0.05, 0) is 24.3 Å². The fourth-order valence-corrected chi connectivity index (χ4v) is 1.92. The molecule has 19 heavy (non-hydrogen) atoms. The van der Waals surface area contributed by atoms with Gasteiger partial charge in [0.25, 0.3) is 6.29 Å². The third-order valence-corrected chi connectivity index (χ3v) is 2.83. The van der Waals surface area contributed by atoms with Gasteiger partial charge in [0.05, 0.1) is 0 Å². The molecule has 0 aromatic heterocycles. The number of hydrogen-bond acceptors (Lipinski definition) is 3. The number of fused-ring (bicyclic) bond motifs is 1. The van der Waals surface area contributed by atoms with Gasteiger partial charge in [0.15, 0.2) is 0 Å². The van der Waals surface area contributed by atoms with Gasteiger partial charge >= 0.3 is 0 Å². The van der Waals surface area contributed by atoms with Gasteiger partial charge in [-0.3, -0.25) is 0 Å². The predicted octanol–water partition coefficient (Wildman–Crippen LogP) is 3.39. The molecule has 0 saturated heterocycles. The first-order valence-electron chi connectivity index (χ1n) is 5.96. The van der Waals surface area contributed by atoms with Gasteiger partial charge in [-0.25, -0.2) is 0 Å². The largest absolute Gasteiger partial charge is 0.450 e. The third kappa shape index (κ3) is 2.29. The quantitative estimate of drug-likeness (QED) is 0.819. The van der Waals surface area contributed by atoms with Gasteiger partial charge in [-0.2, -0.15) is 5.26 Å². The molecule has 0 bridgehead atoms. The fourth-order valence-electron chi connectivity index (χ4n) is 1.92. The van der Waals surface area contributed by atoms with Gasteiger partial charge in [-0.15, -0.1) is 0 Å². The summed E-state index contributed by atoms with van der Waals surface area (Å²) in [6, 6.07) is 19.0. The minimum absolute atomic E-state index is 0.461. The van der Waals surface area contributed by atoms with E-state index in [2.05, 4.69) is 6.07 Å². The minimum atomic E-state index is -0.692. The monoisotopic (exact) mass is 249 g/mol. The lowest BCUT2D eigenvalue weighted by atomic mass is 10.1. The Morgan fingerprint density at radius 2 is 1.74 bits per heavy atom. The zero-order chi connectivity index (χ0) is 13.1. The van der Waals surface area contributed by atoms with E-state index in [1.54, 1.807) is 6.08 Å². The van der Waals surface area contributed by atoms with Crippen molar-refractivity contribution in [3.05, 3.63) is 65.7 Å². The Balaban J connectivity index is 1.90. The molecule has 92 valence electrons. The molecular formula is C16H11NO2. The number of hydrogen-bond donors (Lipinski definition) is 0. The van der Waals surface area contributed by atoms with E-state index in [1.807, 2.05) is 54.6 Å². The van der Waals surface area contributed by atoms with Crippen molar-refractivity contribution in [2.45, 2.75) is 6.29 Å². The molecule has 1 aliphatic rings. The SMILES string of the molecule is N#CC1=Cc2ccccc2OC1Oc1ccccc1. The molecule has 3 heteroatoms. The predicted molar refractivity (Wildman–Crippen MR) is 71.5 cm³/mol. The highest BCUT2D eigenvalue weighted by Gasteiger charge is 2.24. The molecule has 0 aliphatic carbocycles. The number of nitrogens with zero attached hydrogens (tertiary/aromatic N) is 1. The van der Waals surface area contributed by atoms with Crippen LogP contribution < -0.4 is 9.47 Å². The summed E-state index contributed by atoms with van der Waals surface area (Å²) in [5, 5.41) is 9.19. The highest BCUT2D eigenvalue weighted by Crippen LogP contribution is 2.30. The molecule has 2 aromatic carbocycles. The first kappa shape index (κ1) is 11.4. The second-order valence-electron chi connectivity index (χ2n) is 4.13. The summed E-state index contributed by atoms with van der Waals surface area (Å²) in [7, 11) is 0. The molecule has 0 radical (unpaired) electrons. The van der Waals surface area contributed by atoms with Crippen molar-refractivity contribution in [1.29, 1.82) is 5.26 Å². The Hall–Kier alpha value is -2.73. The summed E-state index contributed by atoms with van der Waals surface area (Å²) < 4.78 is 11.4. The maximum Gasteiger partial charge on any atom is 0.277 e. The van der Waals surface area contributed by atoms with Crippen molar-refractivity contribution >= 4 is 6.08 Å². The zero-order valence-electron chi connectivity index (χ0n) is 10.1. The second kappa shape index (κ2) is 4.87. The molecule has 0 amide bonds. The number of para-hydroxylation sites is 2. The van der Waals surface area contributed by atoms with Gasteiger partial charge < -0.3 is 9.47 Å². The summed E-state index contributed by atoms with van der Waals surface area (Å²) in [5.41, 5.74) is 1.36. The van der Waals surface area contributed by atoms with Crippen molar-refractivity contribution in [3.63, 3.8) is 0 Å². The average molecular weight is 249 g/mol. The Kier molecular flexibility index (Phi) is 2.91. The van der Waals surface area contributed by atoms with Crippen molar-refractivity contribution in [2.75, 3.05) is 0 Å². The van der Waals surface area contributed by atoms with Gasteiger partial charge in [0.1, 0.15) is 23.1 Å². The van der Waals surface area contributed by atoms with E-state index in [1.165, 1.54) is 0 Å². The average Bonchev–Trinajstić information content (AvgIpc) is 2.47. The summed E-state index contributed by atoms with van der Waals surface area (Å²) in [4.78, 5) is 0. The van der Waals surface area contributed by atoms with E-state index in [9.17, 15) is 5.26 Å². The van der Waals surface area contributed by atoms with E-state index in [0.717, 1.165) is 11.3 Å². The summed E-state index contributed by atoms with van der Waals surface area (Å²) >= 11 is 0. The minimum Gasteiger partial charge on any atom is -0.450 e. The van der Waals surface area contributed by atoms with Crippen LogP contribution in [0.2, 0.25) is 0 Å². The highest BCUT2D eigenvalue weighted by molar-refractivity contribution is 5.65. The molecule has 3 rings (SSSR count). The smallest absolute Gasteiger partial charge is 0.277 e. The van der Waals surface area contributed by atoms with E-state index < -0.39 is 6.29 Å². The topological polar surface area (TPSA) is 42.2 Å². The van der Waals surface area contributed by atoms with Crippen LogP contribution in [0.15, 0.2) is 60.2 Å². The summed E-state index contributed by atoms with van der Waals surface area (Å²) in [6.07, 6.45) is 1.11. The van der Waals surface area contributed by atoms with E-state index in [0.29, 0.717) is 11.3 Å². The number of rotatable bonds is 2. The van der Waals surface area contributed by atoms with Crippen LogP contribution >= 0.6 is 0 Å². The Bertz CT molecular complexity index is 656. The first-order valence-corrected chi connectivity index (χ1v) is 5.96. The van der Waals surface area contributed by atoms with Gasteiger partial charge in [-0.1, -0.05) is 36.4 Å². The summed E-state index contributed by atoms with van der Waals surface area (Å²) in [6.45, 7) is 0. The standard InChI is InChI=1S/C16H11NO2/c17-11-13-10-12-6-4-5-9-15(12)19-16(13)18-14-7-2-1-3-8-14/h1-10,16H. The van der Waals surface area contributed by atoms with Crippen LogP contribution in [0.25, 0.3) is 6.08 Å². The Morgan fingerprint density at radius 1 is 1.00 bits per heavy atom. The van der Waals surface area contributed by atoms with Crippen LogP contribution in [0.5, 0.6) is 11.5 Å². The third-order valence-electron chi connectivity index (χ3n) is 2.83. The van der Waals surface area contributed by atoms with Crippen LogP contribution in [-0.4, -0.2) is 6.29 Å². The van der Waals surface area contributed by atoms with Gasteiger partial charge in [0.2, 0.25) is 0 Å². The fraction of sp³-hybridized carbons (Fsp3) is 0.0625. The molecule has 1 aliphatic heterocycles. The number of nitriles is 1. The maximum atomic E-state index is 9.19. The van der Waals surface area contributed by atoms with Gasteiger partial charge in [0, 0.05) is 5.56 Å². The van der Waals surface area contributed by atoms with Crippen LogP contribution in [0, 0.1) is 11.3 Å². The molecule has 1 heterocycles. The van der Waals surface area contributed by atoms with Crippen molar-refractivity contribution in [2.24, 2.45) is 0 Å². The maximum absolute atomic E-state index is 9.19. The Morgan fingerprint density at radius 3 is 2.53 bits per heavy atom. The molecular weight excluding hydrogens is 238 g/mol. The molecule has 0 spiro atoms. The number of benzene rings is 2. The van der Waals surface area contributed by atoms with Crippen LogP contribution in [0.3, 0.4) is 0 Å². The molecule has 1 atom stereocenters. The van der Waals surface area contributed by atoms with Crippen LogP contribution in [0.4, 0.5) is 0 Å². The molecule has 0 saturated carbocycles. The van der Waals surface area contributed by atoms with E-state index >= 15 is 0 Å². The lowest BCUT2D eigenvalue weighted by Crippen LogP contribution is -2.28. The van der Waals surface area contributed by atoms with Crippen LogP contribution in [0.1, 0.15) is 5.56 Å². The lowest BCUT2D eigenvalue weighted by molar-refractivity contribution is 0.0389. The van der Waals surface area contributed by atoms with Crippen molar-refractivity contribution in [1.82, 2.24) is 0 Å². The molecule has 2 aromatic rings. The zero-order valence-corrected chi connectivity index (χ0v) is 10.1. The molecule has 0 N–H and O–H groups in total. The van der Waals surface area contributed by atoms with Crippen molar-refractivity contribution < 1.29 is 9.47 Å². The summed E-state index contributed by atoms with van der Waals surface area (Å²) in [5.74, 6) is 1.40. The molecule has 3 nitrogen and oxygen atoms in total. The second-order valence-corrected chi connectivity index (χ2v) is 4.13. The molecule has 0 fully saturated rings. The highest BCUT2D eigenvalue weighted by atomic mass is 16.7. The van der Waals surface area contributed by atoms with Crippen LogP contribution in [-0.2, 0) is 0 Å². The normalized spacial score (nSPS) is 16.6. The lowest BCUT2D eigenvalue weighted by Gasteiger charge is -2.24. The van der Waals surface area contributed by atoms with E-state index in [-0.39, 0.29) is 0 Å². The van der Waals surface area contributed by atoms with Crippen molar-refractivity contribution in [3.8, 4) is 17.6 Å². The first-order chi connectivity index (χ1) is 9.36. The Labute approximate surface area is 111 Å². The molecule has 1 unspecified atom stereocenters. The van der Waals surface area contributed by atoms with E-state index in [4.69, 9.17) is 9.47 Å². The number of ether oxygens (including phenoxy) is 2.